The van der Waals surface area contributed by atoms with E-state index in [9.17, 15) is 14.4 Å². The van der Waals surface area contributed by atoms with Crippen molar-refractivity contribution in [3.05, 3.63) is 69.0 Å². The Balaban J connectivity index is 1.29. The first-order valence-corrected chi connectivity index (χ1v) is 12.0. The number of benzene rings is 1. The van der Waals surface area contributed by atoms with E-state index in [1.54, 1.807) is 25.3 Å². The average Bonchev–Trinajstić information content (AvgIpc) is 3.07. The Labute approximate surface area is 201 Å². The summed E-state index contributed by atoms with van der Waals surface area (Å²) in [7, 11) is 1.59. The third kappa shape index (κ3) is 4.22. The number of hydrogen-bond donors (Lipinski definition) is 0. The van der Waals surface area contributed by atoms with Gasteiger partial charge in [0.25, 0.3) is 11.5 Å². The second-order valence-electron chi connectivity index (χ2n) is 8.54. The Morgan fingerprint density at radius 2 is 2.00 bits per heavy atom. The highest BCUT2D eigenvalue weighted by Gasteiger charge is 2.39. The van der Waals surface area contributed by atoms with Crippen molar-refractivity contribution in [2.45, 2.75) is 18.9 Å². The molecule has 9 heteroatoms. The molecule has 0 spiro atoms. The van der Waals surface area contributed by atoms with Crippen molar-refractivity contribution in [3.8, 4) is 5.75 Å². The molecule has 7 nitrogen and oxygen atoms in total. The van der Waals surface area contributed by atoms with Crippen LogP contribution >= 0.6 is 24.0 Å². The summed E-state index contributed by atoms with van der Waals surface area (Å²) in [6.07, 6.45) is 2.74. The maximum atomic E-state index is 13.2. The largest absolute Gasteiger partial charge is 0.497 e. The molecule has 0 aliphatic carbocycles. The van der Waals surface area contributed by atoms with E-state index in [4.69, 9.17) is 17.0 Å². The molecule has 2 aromatic rings. The Morgan fingerprint density at radius 1 is 1.18 bits per heavy atom. The van der Waals surface area contributed by atoms with E-state index in [-0.39, 0.29) is 35.8 Å². The first kappa shape index (κ1) is 21.9. The second kappa shape index (κ2) is 8.79. The quantitative estimate of drug-likeness (QED) is 0.494. The van der Waals surface area contributed by atoms with Crippen LogP contribution in [0.25, 0.3) is 6.08 Å². The van der Waals surface area contributed by atoms with Crippen LogP contribution in [-0.4, -0.2) is 57.2 Å². The first-order chi connectivity index (χ1) is 15.9. The Hall–Kier alpha value is -2.91. The fourth-order valence-corrected chi connectivity index (χ4v) is 6.11. The van der Waals surface area contributed by atoms with Crippen LogP contribution in [0, 0.1) is 5.92 Å². The summed E-state index contributed by atoms with van der Waals surface area (Å²) in [4.78, 5) is 42.1. The number of thiocarbonyl (C=S) groups is 1. The van der Waals surface area contributed by atoms with Crippen LogP contribution in [-0.2, 0) is 16.1 Å². The van der Waals surface area contributed by atoms with Gasteiger partial charge in [0.05, 0.1) is 12.0 Å². The molecule has 2 amide bonds. The van der Waals surface area contributed by atoms with E-state index in [0.717, 1.165) is 17.7 Å². The van der Waals surface area contributed by atoms with Crippen molar-refractivity contribution in [2.24, 2.45) is 5.92 Å². The number of aromatic nitrogens is 1. The molecule has 4 heterocycles. The van der Waals surface area contributed by atoms with Gasteiger partial charge in [0.2, 0.25) is 5.91 Å². The lowest BCUT2D eigenvalue weighted by atomic mass is 9.83. The van der Waals surface area contributed by atoms with Gasteiger partial charge < -0.3 is 14.2 Å². The van der Waals surface area contributed by atoms with Gasteiger partial charge in [-0.05, 0) is 42.2 Å². The van der Waals surface area contributed by atoms with Gasteiger partial charge in [-0.2, -0.15) is 0 Å². The third-order valence-electron chi connectivity index (χ3n) is 6.39. The number of carbonyl (C=O) groups excluding carboxylic acids is 2. The van der Waals surface area contributed by atoms with E-state index in [1.165, 1.54) is 16.7 Å². The molecule has 0 radical (unpaired) electrons. The fourth-order valence-electron chi connectivity index (χ4n) is 4.85. The number of piperidine rings is 1. The van der Waals surface area contributed by atoms with Gasteiger partial charge in [-0.15, -0.1) is 0 Å². The Morgan fingerprint density at radius 3 is 2.82 bits per heavy atom. The number of thioether (sulfide) groups is 1. The molecular weight excluding hydrogens is 458 g/mol. The molecule has 1 unspecified atom stereocenters. The molecule has 1 aromatic carbocycles. The molecule has 2 fully saturated rings. The topological polar surface area (TPSA) is 71.8 Å². The number of hydrogen-bond acceptors (Lipinski definition) is 6. The van der Waals surface area contributed by atoms with Crippen molar-refractivity contribution < 1.29 is 14.3 Å². The zero-order valence-corrected chi connectivity index (χ0v) is 19.7. The summed E-state index contributed by atoms with van der Waals surface area (Å²) in [6, 6.07) is 12.8. The minimum Gasteiger partial charge on any atom is -0.497 e. The smallest absolute Gasteiger partial charge is 0.266 e. The highest BCUT2D eigenvalue weighted by atomic mass is 32.2. The lowest BCUT2D eigenvalue weighted by molar-refractivity contribution is -0.137. The molecule has 2 bridgehead atoms. The molecule has 2 saturated heterocycles. The van der Waals surface area contributed by atoms with Gasteiger partial charge in [-0.1, -0.05) is 42.2 Å². The van der Waals surface area contributed by atoms with Gasteiger partial charge in [0.15, 0.2) is 0 Å². The third-order valence-corrected chi connectivity index (χ3v) is 7.77. The highest BCUT2D eigenvalue weighted by molar-refractivity contribution is 8.26. The summed E-state index contributed by atoms with van der Waals surface area (Å²) in [5, 5.41) is 0. The molecular formula is C24H23N3O4S2. The van der Waals surface area contributed by atoms with Crippen LogP contribution in [0.1, 0.15) is 23.6 Å². The average molecular weight is 482 g/mol. The molecule has 33 heavy (non-hydrogen) atoms. The Bertz CT molecular complexity index is 1240. The van der Waals surface area contributed by atoms with Crippen LogP contribution in [0.4, 0.5) is 0 Å². The Kier molecular flexibility index (Phi) is 5.84. The van der Waals surface area contributed by atoms with E-state index >= 15 is 0 Å². The second-order valence-corrected chi connectivity index (χ2v) is 10.2. The zero-order chi connectivity index (χ0) is 23.1. The molecule has 2 atom stereocenters. The molecule has 0 saturated carbocycles. The number of fused-ring (bicyclic) bond motifs is 4. The van der Waals surface area contributed by atoms with E-state index in [1.807, 2.05) is 39.8 Å². The predicted molar refractivity (Wildman–Crippen MR) is 131 cm³/mol. The van der Waals surface area contributed by atoms with Crippen molar-refractivity contribution in [1.29, 1.82) is 0 Å². The van der Waals surface area contributed by atoms with Crippen LogP contribution < -0.4 is 10.3 Å². The highest BCUT2D eigenvalue weighted by Crippen LogP contribution is 2.36. The standard InChI is InChI=1S/C24H23N3O4S2/c1-31-18-5-2-4-15(9-18)10-20-23(30)27(24(32)33-20)14-22(29)25-11-16-8-17(13-25)19-6-3-7-21(28)26(19)12-16/h2-7,9-10,16-17H,8,11-14H2,1H3/b20-10-/t16-,17?/m1/s1. The normalized spacial score (nSPS) is 23.1. The number of amides is 2. The molecule has 1 aromatic heterocycles. The van der Waals surface area contributed by atoms with Crippen molar-refractivity contribution >= 4 is 46.2 Å². The summed E-state index contributed by atoms with van der Waals surface area (Å²) < 4.78 is 7.47. The van der Waals surface area contributed by atoms with Crippen LogP contribution in [0.3, 0.4) is 0 Å². The number of nitrogens with zero attached hydrogens (tertiary/aromatic N) is 3. The lowest BCUT2D eigenvalue weighted by Crippen LogP contribution is -2.51. The number of methoxy groups -OCH3 is 1. The number of ether oxygens (including phenoxy) is 1. The number of likely N-dealkylation sites (tertiary alicyclic amines) is 1. The monoisotopic (exact) mass is 481 g/mol. The SMILES string of the molecule is COc1cccc(/C=C2\SC(=S)N(CC(=O)N3CC4C[C@H](C3)Cn3c4cccc3=O)C2=O)c1. The van der Waals surface area contributed by atoms with E-state index < -0.39 is 0 Å². The van der Waals surface area contributed by atoms with Gasteiger partial charge >= 0.3 is 0 Å². The van der Waals surface area contributed by atoms with Gasteiger partial charge in [-0.25, -0.2) is 0 Å². The van der Waals surface area contributed by atoms with E-state index in [0.29, 0.717) is 34.6 Å². The lowest BCUT2D eigenvalue weighted by Gasteiger charge is -2.43. The minimum absolute atomic E-state index is 0.0161. The molecule has 5 rings (SSSR count). The molecule has 3 aliphatic rings. The summed E-state index contributed by atoms with van der Waals surface area (Å²) >= 11 is 6.63. The van der Waals surface area contributed by atoms with Crippen LogP contribution in [0.2, 0.25) is 0 Å². The number of carbonyl (C=O) groups is 2. The summed E-state index contributed by atoms with van der Waals surface area (Å²) in [6.45, 7) is 1.69. The van der Waals surface area contributed by atoms with Crippen LogP contribution in [0.5, 0.6) is 5.75 Å². The molecule has 0 N–H and O–H groups in total. The van der Waals surface area contributed by atoms with Crippen molar-refractivity contribution in [3.63, 3.8) is 0 Å². The maximum absolute atomic E-state index is 13.2. The first-order valence-electron chi connectivity index (χ1n) is 10.8. The van der Waals surface area contributed by atoms with Gasteiger partial charge in [0, 0.05) is 37.3 Å². The summed E-state index contributed by atoms with van der Waals surface area (Å²) in [5.74, 6) is 0.702. The van der Waals surface area contributed by atoms with E-state index in [2.05, 4.69) is 0 Å². The number of rotatable bonds is 4. The minimum atomic E-state index is -0.254. The van der Waals surface area contributed by atoms with Crippen LogP contribution in [0.15, 0.2) is 52.2 Å². The van der Waals surface area contributed by atoms with Crippen molar-refractivity contribution in [1.82, 2.24) is 14.4 Å². The van der Waals surface area contributed by atoms with Gasteiger partial charge in [-0.3, -0.25) is 19.3 Å². The fraction of sp³-hybridized carbons (Fsp3) is 0.333. The summed E-state index contributed by atoms with van der Waals surface area (Å²) in [5.41, 5.74) is 1.84. The maximum Gasteiger partial charge on any atom is 0.266 e. The van der Waals surface area contributed by atoms with Crippen molar-refractivity contribution in [2.75, 3.05) is 26.7 Å². The molecule has 3 aliphatic heterocycles. The van der Waals surface area contributed by atoms with Gasteiger partial charge in [0.1, 0.15) is 16.6 Å². The number of pyridine rings is 1. The molecule has 170 valence electrons. The zero-order valence-electron chi connectivity index (χ0n) is 18.1. The predicted octanol–water partition coefficient (Wildman–Crippen LogP) is 2.70.